The first-order valence-electron chi connectivity index (χ1n) is 7.23. The Morgan fingerprint density at radius 1 is 1.29 bits per heavy atom. The van der Waals surface area contributed by atoms with E-state index in [0.29, 0.717) is 0 Å². The summed E-state index contributed by atoms with van der Waals surface area (Å²) in [5.41, 5.74) is 5.05. The number of fused-ring (bicyclic) bond motifs is 1. The van der Waals surface area contributed by atoms with Crippen LogP contribution in [0.15, 0.2) is 17.0 Å². The first-order valence-corrected chi connectivity index (χ1v) is 8.71. The summed E-state index contributed by atoms with van der Waals surface area (Å²) in [5.74, 6) is 0.531. The molecule has 11 heteroatoms. The van der Waals surface area contributed by atoms with Crippen molar-refractivity contribution in [2.24, 2.45) is 11.7 Å². The zero-order valence-electron chi connectivity index (χ0n) is 12.6. The highest BCUT2D eigenvalue weighted by molar-refractivity contribution is 7.89. The number of hydrogen-bond donors (Lipinski definition) is 2. The minimum Gasteiger partial charge on any atom is -0.486 e. The molecule has 0 spiro atoms. The van der Waals surface area contributed by atoms with Gasteiger partial charge < -0.3 is 15.2 Å². The molecule has 9 nitrogen and oxygen atoms in total. The number of sulfonamides is 1. The van der Waals surface area contributed by atoms with Crippen molar-refractivity contribution in [2.45, 2.75) is 23.8 Å². The first kappa shape index (κ1) is 18.7. The zero-order valence-corrected chi connectivity index (χ0v) is 14.3. The Labute approximate surface area is 145 Å². The van der Waals surface area contributed by atoms with Gasteiger partial charge in [-0.25, -0.2) is 13.1 Å². The number of nitro groups is 1. The molecule has 24 heavy (non-hydrogen) atoms. The lowest BCUT2D eigenvalue weighted by Crippen LogP contribution is -2.41. The van der Waals surface area contributed by atoms with Crippen LogP contribution in [0.2, 0.25) is 0 Å². The quantitative estimate of drug-likeness (QED) is 0.551. The molecule has 0 bridgehead atoms. The number of nitrogens with two attached hydrogens (primary N) is 1. The Morgan fingerprint density at radius 3 is 2.38 bits per heavy atom. The maximum atomic E-state index is 12.6. The maximum Gasteiger partial charge on any atom is 0.293 e. The lowest BCUT2D eigenvalue weighted by Gasteiger charge is -2.20. The highest BCUT2D eigenvalue weighted by atomic mass is 35.5. The maximum absolute atomic E-state index is 12.6. The molecule has 0 saturated heterocycles. The monoisotopic (exact) mass is 379 g/mol. The second kappa shape index (κ2) is 7.09. The average Bonchev–Trinajstić information content (AvgIpc) is 3.36. The molecule has 2 aliphatic rings. The molecule has 3 rings (SSSR count). The van der Waals surface area contributed by atoms with Crippen molar-refractivity contribution in [1.82, 2.24) is 4.72 Å². The number of rotatable bonds is 6. The number of ether oxygens (including phenoxy) is 2. The van der Waals surface area contributed by atoms with E-state index >= 15 is 0 Å². The minimum atomic E-state index is -4.09. The zero-order chi connectivity index (χ0) is 16.6. The smallest absolute Gasteiger partial charge is 0.293 e. The third-order valence-corrected chi connectivity index (χ3v) is 5.38. The molecule has 1 heterocycles. The second-order valence-corrected chi connectivity index (χ2v) is 7.20. The SMILES string of the molecule is Cl.NCC(NS(=O)(=O)c1cc2c(cc1[N+](=O)[O-])OCCO2)C1CC1. The topological polar surface area (TPSA) is 134 Å². The van der Waals surface area contributed by atoms with Crippen LogP contribution in [-0.2, 0) is 10.0 Å². The van der Waals surface area contributed by atoms with Gasteiger partial charge in [0.1, 0.15) is 13.2 Å². The molecule has 0 radical (unpaired) electrons. The van der Waals surface area contributed by atoms with Gasteiger partial charge in [0.05, 0.1) is 11.0 Å². The van der Waals surface area contributed by atoms with Gasteiger partial charge in [-0.15, -0.1) is 12.4 Å². The summed E-state index contributed by atoms with van der Waals surface area (Å²) in [6.45, 7) is 0.652. The molecule has 134 valence electrons. The van der Waals surface area contributed by atoms with Gasteiger partial charge in [-0.2, -0.15) is 0 Å². The number of nitro benzene ring substituents is 1. The van der Waals surface area contributed by atoms with Crippen LogP contribution in [-0.4, -0.2) is 39.1 Å². The molecular weight excluding hydrogens is 362 g/mol. The van der Waals surface area contributed by atoms with Gasteiger partial charge >= 0.3 is 0 Å². The molecule has 1 aromatic rings. The molecule has 1 saturated carbocycles. The number of nitrogens with one attached hydrogen (secondary N) is 1. The van der Waals surface area contributed by atoms with Crippen molar-refractivity contribution >= 4 is 28.1 Å². The van der Waals surface area contributed by atoms with E-state index < -0.39 is 31.6 Å². The van der Waals surface area contributed by atoms with Crippen molar-refractivity contribution in [3.63, 3.8) is 0 Å². The van der Waals surface area contributed by atoms with E-state index in [1.54, 1.807) is 0 Å². The third kappa shape index (κ3) is 3.72. The van der Waals surface area contributed by atoms with Crippen LogP contribution in [0.3, 0.4) is 0 Å². The van der Waals surface area contributed by atoms with Gasteiger partial charge in [-0.1, -0.05) is 0 Å². The van der Waals surface area contributed by atoms with Crippen LogP contribution in [0.4, 0.5) is 5.69 Å². The van der Waals surface area contributed by atoms with E-state index in [9.17, 15) is 18.5 Å². The lowest BCUT2D eigenvalue weighted by molar-refractivity contribution is -0.388. The van der Waals surface area contributed by atoms with Crippen LogP contribution in [0.1, 0.15) is 12.8 Å². The third-order valence-electron chi connectivity index (χ3n) is 3.86. The summed E-state index contributed by atoms with van der Waals surface area (Å²) in [6, 6.07) is 1.79. The summed E-state index contributed by atoms with van der Waals surface area (Å²) < 4.78 is 38.2. The average molecular weight is 380 g/mol. The summed E-state index contributed by atoms with van der Waals surface area (Å²) >= 11 is 0. The van der Waals surface area contributed by atoms with Crippen molar-refractivity contribution < 1.29 is 22.8 Å². The fourth-order valence-corrected chi connectivity index (χ4v) is 4.00. The number of halogens is 1. The lowest BCUT2D eigenvalue weighted by atomic mass is 10.2. The van der Waals surface area contributed by atoms with Crippen LogP contribution in [0, 0.1) is 16.0 Å². The van der Waals surface area contributed by atoms with Gasteiger partial charge in [0.2, 0.25) is 10.0 Å². The van der Waals surface area contributed by atoms with Crippen molar-refractivity contribution in [3.05, 3.63) is 22.2 Å². The van der Waals surface area contributed by atoms with E-state index in [-0.39, 0.29) is 49.6 Å². The Hall–Kier alpha value is -1.62. The van der Waals surface area contributed by atoms with Crippen LogP contribution in [0.25, 0.3) is 0 Å². The summed E-state index contributed by atoms with van der Waals surface area (Å²) in [6.07, 6.45) is 1.79. The van der Waals surface area contributed by atoms with Gasteiger partial charge in [0.25, 0.3) is 5.69 Å². The minimum absolute atomic E-state index is 0. The Balaban J connectivity index is 0.00000208. The molecule has 1 atom stereocenters. The van der Waals surface area contributed by atoms with E-state index in [1.165, 1.54) is 0 Å². The molecule has 0 aromatic heterocycles. The van der Waals surface area contributed by atoms with Gasteiger partial charge in [0.15, 0.2) is 16.4 Å². The Morgan fingerprint density at radius 2 is 1.88 bits per heavy atom. The van der Waals surface area contributed by atoms with Gasteiger partial charge in [-0.05, 0) is 18.8 Å². The van der Waals surface area contributed by atoms with Gasteiger partial charge in [-0.3, -0.25) is 10.1 Å². The molecule has 1 fully saturated rings. The molecular formula is C13H18ClN3O6S. The Kier molecular flexibility index (Phi) is 5.53. The fraction of sp³-hybridized carbons (Fsp3) is 0.538. The second-order valence-electron chi connectivity index (χ2n) is 5.52. The molecule has 1 aliphatic heterocycles. The largest absolute Gasteiger partial charge is 0.486 e. The molecule has 0 amide bonds. The number of benzene rings is 1. The molecule has 1 aliphatic carbocycles. The van der Waals surface area contributed by atoms with Crippen molar-refractivity contribution in [3.8, 4) is 11.5 Å². The fourth-order valence-electron chi connectivity index (χ4n) is 2.52. The van der Waals surface area contributed by atoms with E-state index in [1.807, 2.05) is 0 Å². The Bertz CT molecular complexity index is 737. The van der Waals surface area contributed by atoms with Gasteiger partial charge in [0, 0.05) is 18.7 Å². The number of hydrogen-bond acceptors (Lipinski definition) is 7. The highest BCUT2D eigenvalue weighted by Gasteiger charge is 2.36. The predicted molar refractivity (Wildman–Crippen MR) is 87.2 cm³/mol. The standard InChI is InChI=1S/C13H17N3O6S.ClH/c14-7-9(8-1-2-8)15-23(19,20)13-6-12-11(21-3-4-22-12)5-10(13)16(17)18;/h5-6,8-9,15H,1-4,7,14H2;1H. The predicted octanol–water partition coefficient (Wildman–Crippen LogP) is 0.803. The first-order chi connectivity index (χ1) is 10.9. The van der Waals surface area contributed by atoms with Crippen LogP contribution < -0.4 is 19.9 Å². The van der Waals surface area contributed by atoms with Crippen LogP contribution in [0.5, 0.6) is 11.5 Å². The van der Waals surface area contributed by atoms with Crippen LogP contribution >= 0.6 is 12.4 Å². The molecule has 1 aromatic carbocycles. The van der Waals surface area contributed by atoms with E-state index in [4.69, 9.17) is 15.2 Å². The van der Waals surface area contributed by atoms with Crippen molar-refractivity contribution in [2.75, 3.05) is 19.8 Å². The van der Waals surface area contributed by atoms with E-state index in [2.05, 4.69) is 4.72 Å². The highest BCUT2D eigenvalue weighted by Crippen LogP contribution is 2.39. The molecule has 3 N–H and O–H groups in total. The summed E-state index contributed by atoms with van der Waals surface area (Å²) in [7, 11) is -4.09. The van der Waals surface area contributed by atoms with Crippen molar-refractivity contribution in [1.29, 1.82) is 0 Å². The summed E-state index contributed by atoms with van der Waals surface area (Å²) in [5, 5.41) is 11.2. The normalized spacial score (nSPS) is 17.7. The van der Waals surface area contributed by atoms with E-state index in [0.717, 1.165) is 25.0 Å². The number of nitrogens with zero attached hydrogens (tertiary/aromatic N) is 1. The summed E-state index contributed by atoms with van der Waals surface area (Å²) in [4.78, 5) is 10.1. The molecule has 1 unspecified atom stereocenters.